The molecule has 0 bridgehead atoms. The van der Waals surface area contributed by atoms with Crippen LogP contribution in [0.15, 0.2) is 29.9 Å². The number of anilines is 1. The molecule has 2 aromatic rings. The fourth-order valence-corrected chi connectivity index (χ4v) is 1.83. The first-order valence-corrected chi connectivity index (χ1v) is 5.74. The molecule has 1 heterocycles. The molecular weight excluding hydrogens is 238 g/mol. The van der Waals surface area contributed by atoms with E-state index in [9.17, 15) is 4.79 Å². The van der Waals surface area contributed by atoms with E-state index in [1.807, 2.05) is 0 Å². The number of amides is 1. The average molecular weight is 249 g/mol. The zero-order valence-electron chi connectivity index (χ0n) is 8.92. The van der Waals surface area contributed by atoms with E-state index in [0.29, 0.717) is 23.6 Å². The van der Waals surface area contributed by atoms with Gasteiger partial charge in [-0.2, -0.15) is 0 Å². The molecule has 0 saturated carbocycles. The van der Waals surface area contributed by atoms with Crippen LogP contribution in [0.1, 0.15) is 15.2 Å². The van der Waals surface area contributed by atoms with Gasteiger partial charge in [-0.3, -0.25) is 9.78 Å². The first kappa shape index (κ1) is 11.4. The van der Waals surface area contributed by atoms with E-state index in [2.05, 4.69) is 4.98 Å². The molecule has 1 amide bonds. The summed E-state index contributed by atoms with van der Waals surface area (Å²) in [5.41, 5.74) is 13.4. The quantitative estimate of drug-likeness (QED) is 0.801. The minimum absolute atomic E-state index is 0.323. The molecule has 0 saturated heterocycles. The molecule has 0 spiro atoms. The number of nitrogen functional groups attached to an aromatic ring is 1. The Hall–Kier alpha value is -2.08. The first-order chi connectivity index (χ1) is 8.16. The summed E-state index contributed by atoms with van der Waals surface area (Å²) in [6.45, 7) is 0.342. The summed E-state index contributed by atoms with van der Waals surface area (Å²) in [5, 5.41) is 0. The van der Waals surface area contributed by atoms with E-state index in [-0.39, 0.29) is 0 Å². The lowest BCUT2D eigenvalue weighted by Gasteiger charge is -2.09. The molecule has 0 atom stereocenters. The molecule has 0 unspecified atom stereocenters. The van der Waals surface area contributed by atoms with Gasteiger partial charge < -0.3 is 16.2 Å². The summed E-state index contributed by atoms with van der Waals surface area (Å²) < 4.78 is 5.51. The maximum atomic E-state index is 11.2. The molecule has 6 heteroatoms. The second-order valence-corrected chi connectivity index (χ2v) is 4.35. The molecule has 2 rings (SSSR count). The van der Waals surface area contributed by atoms with Crippen molar-refractivity contribution in [2.24, 2.45) is 5.73 Å². The Morgan fingerprint density at radius 3 is 2.94 bits per heavy atom. The summed E-state index contributed by atoms with van der Waals surface area (Å²) >= 11 is 1.48. The van der Waals surface area contributed by atoms with Crippen LogP contribution in [0.5, 0.6) is 5.75 Å². The van der Waals surface area contributed by atoms with Gasteiger partial charge in [-0.15, -0.1) is 11.3 Å². The molecular formula is C11H11N3O2S. The van der Waals surface area contributed by atoms with E-state index in [0.717, 1.165) is 4.88 Å². The largest absolute Gasteiger partial charge is 0.487 e. The third kappa shape index (κ3) is 2.73. The maximum Gasteiger partial charge on any atom is 0.252 e. The first-order valence-electron chi connectivity index (χ1n) is 4.86. The van der Waals surface area contributed by atoms with Crippen LogP contribution in [0, 0.1) is 0 Å². The predicted octanol–water partition coefficient (Wildman–Crippen LogP) is 1.40. The highest BCUT2D eigenvalue weighted by atomic mass is 32.1. The number of rotatable bonds is 4. The molecule has 0 aliphatic rings. The van der Waals surface area contributed by atoms with Gasteiger partial charge in [0.05, 0.1) is 16.0 Å². The van der Waals surface area contributed by atoms with Gasteiger partial charge in [-0.25, -0.2) is 0 Å². The lowest BCUT2D eigenvalue weighted by atomic mass is 10.1. The highest BCUT2D eigenvalue weighted by Crippen LogP contribution is 2.23. The maximum absolute atomic E-state index is 11.2. The lowest BCUT2D eigenvalue weighted by Crippen LogP contribution is -2.13. The van der Waals surface area contributed by atoms with Crippen LogP contribution >= 0.6 is 11.3 Å². The number of carbonyl (C=O) groups is 1. The molecule has 0 fully saturated rings. The van der Waals surface area contributed by atoms with E-state index in [1.54, 1.807) is 29.9 Å². The van der Waals surface area contributed by atoms with Crippen LogP contribution in [0.3, 0.4) is 0 Å². The molecule has 0 aliphatic heterocycles. The van der Waals surface area contributed by atoms with Crippen LogP contribution < -0.4 is 16.2 Å². The summed E-state index contributed by atoms with van der Waals surface area (Å²) in [5.74, 6) is -0.143. The summed E-state index contributed by atoms with van der Waals surface area (Å²) in [6.07, 6.45) is 1.71. The Balaban J connectivity index is 2.19. The molecule has 1 aromatic carbocycles. The van der Waals surface area contributed by atoms with Gasteiger partial charge in [-0.1, -0.05) is 0 Å². The van der Waals surface area contributed by atoms with E-state index < -0.39 is 5.91 Å². The van der Waals surface area contributed by atoms with E-state index in [1.165, 1.54) is 11.3 Å². The lowest BCUT2D eigenvalue weighted by molar-refractivity contribution is 0.0996. The van der Waals surface area contributed by atoms with Crippen LogP contribution in [0.2, 0.25) is 0 Å². The standard InChI is InChI=1S/C11H11N3O2S/c12-7-1-2-9(11(13)15)10(3-7)16-5-8-4-14-6-17-8/h1-4,6H,5,12H2,(H2,13,15). The van der Waals surface area contributed by atoms with Gasteiger partial charge in [0.1, 0.15) is 12.4 Å². The van der Waals surface area contributed by atoms with Gasteiger partial charge in [0.25, 0.3) is 5.91 Å². The monoisotopic (exact) mass is 249 g/mol. The van der Waals surface area contributed by atoms with Crippen LogP contribution in [0.25, 0.3) is 0 Å². The molecule has 0 radical (unpaired) electrons. The highest BCUT2D eigenvalue weighted by Gasteiger charge is 2.10. The zero-order chi connectivity index (χ0) is 12.3. The number of carbonyl (C=O) groups excluding carboxylic acids is 1. The number of hydrogen-bond acceptors (Lipinski definition) is 5. The number of nitrogens with zero attached hydrogens (tertiary/aromatic N) is 1. The number of primary amides is 1. The van der Waals surface area contributed by atoms with Crippen molar-refractivity contribution in [1.82, 2.24) is 4.98 Å². The predicted molar refractivity (Wildman–Crippen MR) is 65.8 cm³/mol. The van der Waals surface area contributed by atoms with E-state index >= 15 is 0 Å². The van der Waals surface area contributed by atoms with Crippen molar-refractivity contribution in [3.63, 3.8) is 0 Å². The van der Waals surface area contributed by atoms with Gasteiger partial charge in [0.15, 0.2) is 0 Å². The second-order valence-electron chi connectivity index (χ2n) is 3.38. The van der Waals surface area contributed by atoms with Gasteiger partial charge in [0.2, 0.25) is 0 Å². The Labute approximate surface area is 102 Å². The van der Waals surface area contributed by atoms with Gasteiger partial charge in [-0.05, 0) is 12.1 Å². The summed E-state index contributed by atoms with van der Waals surface area (Å²) in [4.78, 5) is 16.1. The second kappa shape index (κ2) is 4.84. The minimum Gasteiger partial charge on any atom is -0.487 e. The number of aromatic nitrogens is 1. The Kier molecular flexibility index (Phi) is 3.24. The van der Waals surface area contributed by atoms with Gasteiger partial charge >= 0.3 is 0 Å². The molecule has 88 valence electrons. The van der Waals surface area contributed by atoms with Gasteiger partial charge in [0, 0.05) is 18.0 Å². The number of ether oxygens (including phenoxy) is 1. The Morgan fingerprint density at radius 2 is 2.29 bits per heavy atom. The van der Waals surface area contributed by atoms with Crippen molar-refractivity contribution in [3.05, 3.63) is 40.3 Å². The Morgan fingerprint density at radius 1 is 1.47 bits per heavy atom. The summed E-state index contributed by atoms with van der Waals surface area (Å²) in [6, 6.07) is 4.75. The molecule has 5 nitrogen and oxygen atoms in total. The third-order valence-electron chi connectivity index (χ3n) is 2.12. The van der Waals surface area contributed by atoms with Crippen molar-refractivity contribution in [1.29, 1.82) is 0 Å². The van der Waals surface area contributed by atoms with Crippen molar-refractivity contribution in [2.75, 3.05) is 5.73 Å². The third-order valence-corrected chi connectivity index (χ3v) is 2.88. The molecule has 4 N–H and O–H groups in total. The smallest absolute Gasteiger partial charge is 0.252 e. The minimum atomic E-state index is -0.538. The SMILES string of the molecule is NC(=O)c1ccc(N)cc1OCc1cncs1. The number of nitrogens with two attached hydrogens (primary N) is 2. The van der Waals surface area contributed by atoms with Crippen LogP contribution in [0.4, 0.5) is 5.69 Å². The van der Waals surface area contributed by atoms with Crippen LogP contribution in [-0.2, 0) is 6.61 Å². The Bertz CT molecular complexity index is 526. The number of hydrogen-bond donors (Lipinski definition) is 2. The number of benzene rings is 1. The fraction of sp³-hybridized carbons (Fsp3) is 0.0909. The van der Waals surface area contributed by atoms with Crippen LogP contribution in [-0.4, -0.2) is 10.9 Å². The molecule has 0 aliphatic carbocycles. The summed E-state index contributed by atoms with van der Waals surface area (Å²) in [7, 11) is 0. The van der Waals surface area contributed by atoms with Crippen molar-refractivity contribution in [2.45, 2.75) is 6.61 Å². The normalized spacial score (nSPS) is 10.1. The number of thiazole rings is 1. The van der Waals surface area contributed by atoms with Crippen molar-refractivity contribution in [3.8, 4) is 5.75 Å². The zero-order valence-corrected chi connectivity index (χ0v) is 9.74. The van der Waals surface area contributed by atoms with E-state index in [4.69, 9.17) is 16.2 Å². The topological polar surface area (TPSA) is 91.2 Å². The van der Waals surface area contributed by atoms with Crippen molar-refractivity contribution >= 4 is 22.9 Å². The average Bonchev–Trinajstić information content (AvgIpc) is 2.78. The highest BCUT2D eigenvalue weighted by molar-refractivity contribution is 7.09. The fourth-order valence-electron chi connectivity index (χ4n) is 1.32. The molecule has 1 aromatic heterocycles. The van der Waals surface area contributed by atoms with Crippen molar-refractivity contribution < 1.29 is 9.53 Å². The molecule has 17 heavy (non-hydrogen) atoms.